The molecule has 92 valence electrons. The highest BCUT2D eigenvalue weighted by atomic mass is 16.5. The molecular weight excluding hydrogens is 236 g/mol. The monoisotopic (exact) mass is 248 g/mol. The van der Waals surface area contributed by atoms with Gasteiger partial charge in [0.05, 0.1) is 19.2 Å². The van der Waals surface area contributed by atoms with Crippen molar-refractivity contribution in [3.8, 4) is 11.4 Å². The first-order valence-electron chi connectivity index (χ1n) is 5.95. The van der Waals surface area contributed by atoms with Crippen molar-refractivity contribution in [3.63, 3.8) is 0 Å². The number of benzene rings is 2. The molecule has 0 radical (unpaired) electrons. The van der Waals surface area contributed by atoms with Gasteiger partial charge >= 0.3 is 0 Å². The number of hydrogen-bond acceptors (Lipinski definition) is 1. The molecule has 0 aliphatic rings. The van der Waals surface area contributed by atoms with Gasteiger partial charge in [0.15, 0.2) is 5.69 Å². The van der Waals surface area contributed by atoms with Crippen LogP contribution in [-0.2, 0) is 0 Å². The van der Waals surface area contributed by atoms with Crippen LogP contribution in [0.15, 0.2) is 54.7 Å². The van der Waals surface area contributed by atoms with Gasteiger partial charge < -0.3 is 9.30 Å². The molecule has 0 saturated carbocycles. The largest absolute Gasteiger partial charge is 0.497 e. The summed E-state index contributed by atoms with van der Waals surface area (Å²) in [5, 5.41) is 1.07. The van der Waals surface area contributed by atoms with E-state index in [1.54, 1.807) is 7.11 Å². The number of aromatic nitrogens is 1. The fourth-order valence-electron chi connectivity index (χ4n) is 2.17. The molecule has 0 aliphatic heterocycles. The third kappa shape index (κ3) is 1.94. The second-order valence-corrected chi connectivity index (χ2v) is 4.24. The number of rotatable bonds is 2. The van der Waals surface area contributed by atoms with Crippen molar-refractivity contribution >= 4 is 16.6 Å². The zero-order valence-electron chi connectivity index (χ0n) is 10.5. The predicted molar refractivity (Wildman–Crippen MR) is 76.1 cm³/mol. The van der Waals surface area contributed by atoms with Crippen LogP contribution in [0.25, 0.3) is 21.4 Å². The highest BCUT2D eigenvalue weighted by molar-refractivity contribution is 5.85. The Kier molecular flexibility index (Phi) is 2.70. The minimum Gasteiger partial charge on any atom is -0.497 e. The molecule has 3 nitrogen and oxygen atoms in total. The van der Waals surface area contributed by atoms with Gasteiger partial charge in [-0.25, -0.2) is 4.85 Å². The highest BCUT2D eigenvalue weighted by Crippen LogP contribution is 2.25. The maximum Gasteiger partial charge on any atom is 0.187 e. The summed E-state index contributed by atoms with van der Waals surface area (Å²) in [4.78, 5) is 3.45. The molecule has 3 heteroatoms. The van der Waals surface area contributed by atoms with E-state index in [4.69, 9.17) is 11.3 Å². The van der Waals surface area contributed by atoms with E-state index in [2.05, 4.69) is 9.41 Å². The lowest BCUT2D eigenvalue weighted by Gasteiger charge is -2.06. The van der Waals surface area contributed by atoms with Gasteiger partial charge in [-0.15, -0.1) is 0 Å². The Morgan fingerprint density at radius 1 is 1.05 bits per heavy atom. The van der Waals surface area contributed by atoms with Crippen LogP contribution in [-0.4, -0.2) is 11.7 Å². The van der Waals surface area contributed by atoms with Crippen LogP contribution in [0.2, 0.25) is 0 Å². The van der Waals surface area contributed by atoms with E-state index in [0.29, 0.717) is 5.69 Å². The van der Waals surface area contributed by atoms with Gasteiger partial charge in [-0.2, -0.15) is 0 Å². The third-order valence-corrected chi connectivity index (χ3v) is 3.15. The molecule has 3 aromatic rings. The Bertz CT molecular complexity index is 764. The Morgan fingerprint density at radius 3 is 2.53 bits per heavy atom. The molecule has 1 heterocycles. The molecule has 2 aromatic carbocycles. The SMILES string of the molecule is [C-]#[N+]c1ccc2c(ccn2-c2ccc(OC)cc2)c1. The van der Waals surface area contributed by atoms with Crippen molar-refractivity contribution in [1.29, 1.82) is 0 Å². The van der Waals surface area contributed by atoms with Crippen LogP contribution in [0, 0.1) is 6.57 Å². The maximum atomic E-state index is 7.04. The van der Waals surface area contributed by atoms with Crippen LogP contribution >= 0.6 is 0 Å². The van der Waals surface area contributed by atoms with E-state index in [0.717, 1.165) is 22.3 Å². The van der Waals surface area contributed by atoms with Crippen LogP contribution in [0.4, 0.5) is 5.69 Å². The number of hydrogen-bond donors (Lipinski definition) is 0. The molecular formula is C16H12N2O. The average molecular weight is 248 g/mol. The standard InChI is InChI=1S/C16H12N2O/c1-17-13-3-8-16-12(11-13)9-10-18(16)14-4-6-15(19-2)7-5-14/h3-11H,2H3. The molecule has 0 aliphatic carbocycles. The first-order valence-corrected chi connectivity index (χ1v) is 5.95. The van der Waals surface area contributed by atoms with E-state index in [-0.39, 0.29) is 0 Å². The Labute approximate surface area is 111 Å². The normalized spacial score (nSPS) is 10.3. The average Bonchev–Trinajstić information content (AvgIpc) is 2.90. The van der Waals surface area contributed by atoms with Gasteiger partial charge in [-0.05, 0) is 47.9 Å². The van der Waals surface area contributed by atoms with Crippen molar-refractivity contribution in [2.75, 3.05) is 7.11 Å². The summed E-state index contributed by atoms with van der Waals surface area (Å²) in [7, 11) is 1.66. The molecule has 0 N–H and O–H groups in total. The van der Waals surface area contributed by atoms with Crippen LogP contribution in [0.3, 0.4) is 0 Å². The first kappa shape index (κ1) is 11.4. The molecule has 0 atom stereocenters. The molecule has 0 bridgehead atoms. The topological polar surface area (TPSA) is 18.5 Å². The molecule has 0 unspecified atom stereocenters. The third-order valence-electron chi connectivity index (χ3n) is 3.15. The summed E-state index contributed by atoms with van der Waals surface area (Å²) in [5.41, 5.74) is 2.84. The Morgan fingerprint density at radius 2 is 1.84 bits per heavy atom. The second-order valence-electron chi connectivity index (χ2n) is 4.24. The van der Waals surface area contributed by atoms with Crippen molar-refractivity contribution in [1.82, 2.24) is 4.57 Å². The lowest BCUT2D eigenvalue weighted by atomic mass is 10.2. The lowest BCUT2D eigenvalue weighted by molar-refractivity contribution is 0.415. The molecule has 3 rings (SSSR count). The van der Waals surface area contributed by atoms with Gasteiger partial charge in [0.1, 0.15) is 5.75 Å². The summed E-state index contributed by atoms with van der Waals surface area (Å²) in [6.45, 7) is 7.04. The minimum absolute atomic E-state index is 0.667. The zero-order valence-corrected chi connectivity index (χ0v) is 10.5. The Balaban J connectivity index is 2.12. The number of fused-ring (bicyclic) bond motifs is 1. The van der Waals surface area contributed by atoms with Gasteiger partial charge in [0.25, 0.3) is 0 Å². The highest BCUT2D eigenvalue weighted by Gasteiger charge is 2.04. The van der Waals surface area contributed by atoms with Crippen LogP contribution in [0.5, 0.6) is 5.75 Å². The van der Waals surface area contributed by atoms with Gasteiger partial charge in [0.2, 0.25) is 0 Å². The van der Waals surface area contributed by atoms with E-state index in [1.165, 1.54) is 0 Å². The summed E-state index contributed by atoms with van der Waals surface area (Å²) in [5.74, 6) is 0.843. The summed E-state index contributed by atoms with van der Waals surface area (Å²) in [6.07, 6.45) is 2.01. The molecule has 0 fully saturated rings. The van der Waals surface area contributed by atoms with Crippen LogP contribution < -0.4 is 4.74 Å². The smallest absolute Gasteiger partial charge is 0.187 e. The lowest BCUT2D eigenvalue weighted by Crippen LogP contribution is -1.91. The van der Waals surface area contributed by atoms with E-state index < -0.39 is 0 Å². The van der Waals surface area contributed by atoms with E-state index in [1.807, 2.05) is 54.7 Å². The molecule has 1 aromatic heterocycles. The zero-order chi connectivity index (χ0) is 13.2. The summed E-state index contributed by atoms with van der Waals surface area (Å²) in [6, 6.07) is 15.7. The Hall–Kier alpha value is -2.73. The first-order chi connectivity index (χ1) is 9.31. The summed E-state index contributed by atoms with van der Waals surface area (Å²) < 4.78 is 7.26. The quantitative estimate of drug-likeness (QED) is 0.622. The molecule has 0 saturated heterocycles. The molecule has 0 spiro atoms. The predicted octanol–water partition coefficient (Wildman–Crippen LogP) is 4.19. The molecule has 0 amide bonds. The van der Waals surface area contributed by atoms with E-state index in [9.17, 15) is 0 Å². The van der Waals surface area contributed by atoms with Crippen molar-refractivity contribution in [2.45, 2.75) is 0 Å². The van der Waals surface area contributed by atoms with Crippen LogP contribution in [0.1, 0.15) is 0 Å². The fourth-order valence-corrected chi connectivity index (χ4v) is 2.17. The van der Waals surface area contributed by atoms with Gasteiger partial charge in [0, 0.05) is 11.9 Å². The second kappa shape index (κ2) is 4.51. The fraction of sp³-hybridized carbons (Fsp3) is 0.0625. The van der Waals surface area contributed by atoms with Gasteiger partial charge in [-0.1, -0.05) is 6.07 Å². The number of methoxy groups -OCH3 is 1. The van der Waals surface area contributed by atoms with Crippen molar-refractivity contribution < 1.29 is 4.74 Å². The van der Waals surface area contributed by atoms with Gasteiger partial charge in [-0.3, -0.25) is 0 Å². The number of ether oxygens (including phenoxy) is 1. The summed E-state index contributed by atoms with van der Waals surface area (Å²) >= 11 is 0. The molecule has 19 heavy (non-hydrogen) atoms. The van der Waals surface area contributed by atoms with Crippen molar-refractivity contribution in [3.05, 3.63) is 66.1 Å². The van der Waals surface area contributed by atoms with Crippen molar-refractivity contribution in [2.24, 2.45) is 0 Å². The minimum atomic E-state index is 0.667. The maximum absolute atomic E-state index is 7.04. The number of nitrogens with zero attached hydrogens (tertiary/aromatic N) is 2. The van der Waals surface area contributed by atoms with E-state index >= 15 is 0 Å².